The zero-order valence-corrected chi connectivity index (χ0v) is 19.3. The van der Waals surface area contributed by atoms with E-state index in [1.165, 1.54) is 6.08 Å². The monoisotopic (exact) mass is 441 g/mol. The first-order valence-corrected chi connectivity index (χ1v) is 13.9. The van der Waals surface area contributed by atoms with E-state index in [2.05, 4.69) is 0 Å². The fraction of sp³-hybridized carbons (Fsp3) is 0.636. The Balaban J connectivity index is 1.67. The number of fused-ring (bicyclic) bond motifs is 1. The fourth-order valence-corrected chi connectivity index (χ4v) is 6.23. The van der Waals surface area contributed by atoms with E-state index in [0.717, 1.165) is 5.57 Å². The Hall–Kier alpha value is -1.67. The van der Waals surface area contributed by atoms with Gasteiger partial charge < -0.3 is 9.33 Å². The van der Waals surface area contributed by atoms with Crippen LogP contribution in [0.5, 0.6) is 0 Å². The lowest BCUT2D eigenvalue weighted by Gasteiger charge is -2.45. The van der Waals surface area contributed by atoms with Crippen LogP contribution in [0.3, 0.4) is 0 Å². The van der Waals surface area contributed by atoms with Gasteiger partial charge in [-0.15, -0.1) is 0 Å². The van der Waals surface area contributed by atoms with Crippen LogP contribution >= 0.6 is 0 Å². The van der Waals surface area contributed by atoms with Crippen LogP contribution in [-0.4, -0.2) is 43.2 Å². The van der Waals surface area contributed by atoms with Gasteiger partial charge in [0.05, 0.1) is 5.70 Å². The molecule has 1 aliphatic heterocycles. The Morgan fingerprint density at radius 1 is 1.10 bits per heavy atom. The van der Waals surface area contributed by atoms with Crippen LogP contribution in [0.1, 0.15) is 46.0 Å². The first-order valence-electron chi connectivity index (χ1n) is 10.5. The van der Waals surface area contributed by atoms with Gasteiger partial charge in [0.25, 0.3) is 5.91 Å². The third-order valence-corrected chi connectivity index (χ3v) is 7.32. The van der Waals surface area contributed by atoms with Crippen LogP contribution in [0.15, 0.2) is 34.6 Å². The van der Waals surface area contributed by atoms with Crippen molar-refractivity contribution in [2.75, 3.05) is 6.54 Å². The van der Waals surface area contributed by atoms with Crippen LogP contribution < -0.4 is 0 Å². The SMILES string of the molecule is CC1=C2C=CC(=O)C(C)=C2N(CCC2CCC(O[Si](C)(C)C)(C(F)(F)F)CC2)C1=O. The van der Waals surface area contributed by atoms with Gasteiger partial charge in [0.1, 0.15) is 0 Å². The molecule has 1 fully saturated rings. The van der Waals surface area contributed by atoms with Gasteiger partial charge in [-0.2, -0.15) is 13.2 Å². The highest BCUT2D eigenvalue weighted by Gasteiger charge is 2.58. The highest BCUT2D eigenvalue weighted by atomic mass is 28.4. The molecule has 0 aromatic rings. The number of amides is 1. The van der Waals surface area contributed by atoms with E-state index in [1.807, 2.05) is 0 Å². The maximum absolute atomic E-state index is 13.8. The molecule has 0 spiro atoms. The van der Waals surface area contributed by atoms with E-state index in [9.17, 15) is 22.8 Å². The molecule has 0 aromatic heterocycles. The van der Waals surface area contributed by atoms with E-state index in [4.69, 9.17) is 4.43 Å². The Morgan fingerprint density at radius 3 is 2.23 bits per heavy atom. The number of carbonyl (C=O) groups is 2. The molecule has 0 saturated heterocycles. The summed E-state index contributed by atoms with van der Waals surface area (Å²) in [6.45, 7) is 9.23. The summed E-state index contributed by atoms with van der Waals surface area (Å²) in [5.41, 5.74) is 0.549. The lowest BCUT2D eigenvalue weighted by Crippen LogP contribution is -2.55. The van der Waals surface area contributed by atoms with E-state index >= 15 is 0 Å². The fourth-order valence-electron chi connectivity index (χ4n) is 4.74. The van der Waals surface area contributed by atoms with E-state index in [0.29, 0.717) is 42.7 Å². The van der Waals surface area contributed by atoms with E-state index in [1.54, 1.807) is 44.5 Å². The first kappa shape index (κ1) is 23.0. The number of ketones is 1. The molecule has 0 radical (unpaired) electrons. The minimum absolute atomic E-state index is 0.0368. The maximum Gasteiger partial charge on any atom is 0.416 e. The maximum atomic E-state index is 13.8. The molecule has 1 heterocycles. The van der Waals surface area contributed by atoms with Gasteiger partial charge in [-0.25, -0.2) is 0 Å². The highest BCUT2D eigenvalue weighted by Crippen LogP contribution is 2.48. The summed E-state index contributed by atoms with van der Waals surface area (Å²) in [5, 5.41) is 0. The average Bonchev–Trinajstić information content (AvgIpc) is 2.87. The van der Waals surface area contributed by atoms with Gasteiger partial charge in [0.15, 0.2) is 19.7 Å². The molecule has 0 N–H and O–H groups in total. The molecule has 1 amide bonds. The minimum Gasteiger partial charge on any atom is -0.404 e. The summed E-state index contributed by atoms with van der Waals surface area (Å²) in [7, 11) is -2.36. The number of halogens is 3. The van der Waals surface area contributed by atoms with Crippen LogP contribution in [-0.2, 0) is 14.0 Å². The predicted octanol–water partition coefficient (Wildman–Crippen LogP) is 5.29. The number of carbonyl (C=O) groups excluding carboxylic acids is 2. The van der Waals surface area contributed by atoms with Crippen LogP contribution in [0.25, 0.3) is 0 Å². The van der Waals surface area contributed by atoms with Crippen molar-refractivity contribution < 1.29 is 27.2 Å². The minimum atomic E-state index is -4.38. The van der Waals surface area contributed by atoms with Crippen LogP contribution in [0.4, 0.5) is 13.2 Å². The third-order valence-electron chi connectivity index (χ3n) is 6.31. The zero-order valence-electron chi connectivity index (χ0n) is 18.3. The van der Waals surface area contributed by atoms with Crippen molar-refractivity contribution in [1.29, 1.82) is 0 Å². The van der Waals surface area contributed by atoms with Crippen molar-refractivity contribution in [3.8, 4) is 0 Å². The molecule has 166 valence electrons. The van der Waals surface area contributed by atoms with Gasteiger partial charge in [-0.3, -0.25) is 9.59 Å². The van der Waals surface area contributed by atoms with E-state index < -0.39 is 20.1 Å². The molecule has 0 aromatic carbocycles. The number of hydrogen-bond acceptors (Lipinski definition) is 3. The second kappa shape index (κ2) is 7.78. The van der Waals surface area contributed by atoms with Crippen molar-refractivity contribution in [3.05, 3.63) is 34.6 Å². The number of hydrogen-bond donors (Lipinski definition) is 0. The summed E-state index contributed by atoms with van der Waals surface area (Å²) in [6, 6.07) is 0. The summed E-state index contributed by atoms with van der Waals surface area (Å²) in [5.74, 6) is -0.141. The normalized spacial score (nSPS) is 28.0. The van der Waals surface area contributed by atoms with Gasteiger partial charge >= 0.3 is 6.18 Å². The summed E-state index contributed by atoms with van der Waals surface area (Å²) >= 11 is 0. The summed E-state index contributed by atoms with van der Waals surface area (Å²) in [4.78, 5) is 26.4. The van der Waals surface area contributed by atoms with Crippen LogP contribution in [0.2, 0.25) is 19.6 Å². The largest absolute Gasteiger partial charge is 0.416 e. The Morgan fingerprint density at radius 2 is 1.70 bits per heavy atom. The van der Waals surface area contributed by atoms with Gasteiger partial charge in [-0.05, 0) is 83.7 Å². The van der Waals surface area contributed by atoms with E-state index in [-0.39, 0.29) is 30.4 Å². The average molecular weight is 442 g/mol. The van der Waals surface area contributed by atoms with Crippen molar-refractivity contribution in [2.45, 2.75) is 77.4 Å². The Labute approximate surface area is 177 Å². The van der Waals surface area contributed by atoms with Crippen molar-refractivity contribution in [1.82, 2.24) is 4.90 Å². The molecule has 0 bridgehead atoms. The Bertz CT molecular complexity index is 841. The molecule has 0 unspecified atom stereocenters. The number of allylic oxidation sites excluding steroid dienone is 3. The molecule has 30 heavy (non-hydrogen) atoms. The first-order chi connectivity index (χ1) is 13.8. The molecule has 1 saturated carbocycles. The number of alkyl halides is 3. The van der Waals surface area contributed by atoms with Crippen molar-refractivity contribution in [3.63, 3.8) is 0 Å². The third kappa shape index (κ3) is 4.21. The quantitative estimate of drug-likeness (QED) is 0.545. The smallest absolute Gasteiger partial charge is 0.404 e. The molecule has 3 aliphatic rings. The molecule has 0 atom stereocenters. The molecule has 3 rings (SSSR count). The molecule has 4 nitrogen and oxygen atoms in total. The second-order valence-electron chi connectivity index (χ2n) is 9.61. The van der Waals surface area contributed by atoms with Crippen LogP contribution in [0, 0.1) is 5.92 Å². The zero-order chi connectivity index (χ0) is 22.5. The summed E-state index contributed by atoms with van der Waals surface area (Å²) in [6.07, 6.45) is 0.159. The molecule has 2 aliphatic carbocycles. The Kier molecular flexibility index (Phi) is 5.97. The summed E-state index contributed by atoms with van der Waals surface area (Å²) < 4.78 is 47.2. The number of nitrogens with zero attached hydrogens (tertiary/aromatic N) is 1. The highest BCUT2D eigenvalue weighted by molar-refractivity contribution is 6.69. The van der Waals surface area contributed by atoms with Gasteiger partial charge in [0, 0.05) is 23.3 Å². The standard InChI is InChI=1S/C22H30F3NO3Si/c1-14-17-6-7-18(27)15(2)19(17)26(20(14)28)13-10-16-8-11-21(12-9-16,22(23,24)25)29-30(3,4)5/h6-7,16H,8-13H2,1-5H3. The van der Waals surface area contributed by atoms with Crippen molar-refractivity contribution >= 4 is 20.0 Å². The predicted molar refractivity (Wildman–Crippen MR) is 111 cm³/mol. The lowest BCUT2D eigenvalue weighted by molar-refractivity contribution is -0.264. The molecular formula is C22H30F3NO3Si. The van der Waals surface area contributed by atoms with Gasteiger partial charge in [0.2, 0.25) is 0 Å². The molecule has 8 heteroatoms. The van der Waals surface area contributed by atoms with Crippen molar-refractivity contribution in [2.24, 2.45) is 5.92 Å². The van der Waals surface area contributed by atoms with Gasteiger partial charge in [-0.1, -0.05) is 0 Å². The second-order valence-corrected chi connectivity index (χ2v) is 14.0. The topological polar surface area (TPSA) is 46.6 Å². The number of rotatable bonds is 5. The lowest BCUT2D eigenvalue weighted by atomic mass is 9.77. The molecular weight excluding hydrogens is 411 g/mol.